The lowest BCUT2D eigenvalue weighted by atomic mass is 10.1. The van der Waals surface area contributed by atoms with E-state index in [4.69, 9.17) is 0 Å². The van der Waals surface area contributed by atoms with E-state index >= 15 is 0 Å². The van der Waals surface area contributed by atoms with E-state index in [0.29, 0.717) is 24.5 Å². The molecule has 0 saturated heterocycles. The highest BCUT2D eigenvalue weighted by Crippen LogP contribution is 2.14. The molecule has 0 atom stereocenters. The number of nitrogens with one attached hydrogen (secondary N) is 2. The maximum Gasteiger partial charge on any atom is 0.287 e. The van der Waals surface area contributed by atoms with Gasteiger partial charge in [-0.25, -0.2) is 4.98 Å². The van der Waals surface area contributed by atoms with Crippen LogP contribution in [0.3, 0.4) is 0 Å². The summed E-state index contributed by atoms with van der Waals surface area (Å²) in [6.07, 6.45) is 2.63. The molecule has 0 aliphatic heterocycles. The van der Waals surface area contributed by atoms with Crippen molar-refractivity contribution in [3.8, 4) is 0 Å². The van der Waals surface area contributed by atoms with Crippen LogP contribution in [0.25, 0.3) is 5.52 Å². The highest BCUT2D eigenvalue weighted by molar-refractivity contribution is 6.02. The molecular formula is C22H26N4O2. The van der Waals surface area contributed by atoms with Gasteiger partial charge in [-0.3, -0.25) is 14.0 Å². The fraction of sp³-hybridized carbons (Fsp3) is 0.318. The summed E-state index contributed by atoms with van der Waals surface area (Å²) < 4.78 is 1.65. The first kappa shape index (κ1) is 19.6. The molecule has 6 nitrogen and oxygen atoms in total. The number of hydrogen-bond donors (Lipinski definition) is 2. The number of fused-ring (bicyclic) bond motifs is 1. The van der Waals surface area contributed by atoms with Crippen molar-refractivity contribution in [3.05, 3.63) is 71.3 Å². The van der Waals surface area contributed by atoms with Gasteiger partial charge in [0.15, 0.2) is 5.69 Å². The second kappa shape index (κ2) is 8.69. The molecule has 2 heterocycles. The Labute approximate surface area is 165 Å². The first-order valence-corrected chi connectivity index (χ1v) is 9.54. The summed E-state index contributed by atoms with van der Waals surface area (Å²) in [6.45, 7) is 7.21. The molecule has 0 fully saturated rings. The van der Waals surface area contributed by atoms with Crippen LogP contribution in [0, 0.1) is 12.8 Å². The molecule has 0 saturated carbocycles. The third kappa shape index (κ3) is 4.57. The number of aryl methyl sites for hydroxylation is 1. The number of rotatable bonds is 7. The van der Waals surface area contributed by atoms with Gasteiger partial charge in [0.25, 0.3) is 11.8 Å². The predicted octanol–water partition coefficient (Wildman–Crippen LogP) is 3.35. The van der Waals surface area contributed by atoms with Crippen LogP contribution < -0.4 is 10.6 Å². The Balaban J connectivity index is 1.78. The standard InChI is InChI=1S/C22H26N4O2/c1-15(2)11-12-23-21(27)19-18-6-4-5-13-26(18)20(25-19)22(28)24-14-17-9-7-16(3)8-10-17/h4-10,13,15H,11-12,14H2,1-3H3,(H,23,27)(H,24,28). The van der Waals surface area contributed by atoms with Crippen molar-refractivity contribution >= 4 is 17.3 Å². The van der Waals surface area contributed by atoms with Gasteiger partial charge in [0, 0.05) is 19.3 Å². The van der Waals surface area contributed by atoms with Gasteiger partial charge in [0.1, 0.15) is 0 Å². The molecule has 28 heavy (non-hydrogen) atoms. The third-order valence-electron chi connectivity index (χ3n) is 4.55. The minimum absolute atomic E-state index is 0.205. The summed E-state index contributed by atoms with van der Waals surface area (Å²) in [4.78, 5) is 29.6. The van der Waals surface area contributed by atoms with Crippen molar-refractivity contribution in [1.82, 2.24) is 20.0 Å². The Morgan fingerprint density at radius 3 is 2.50 bits per heavy atom. The number of hydrogen-bond acceptors (Lipinski definition) is 3. The van der Waals surface area contributed by atoms with Crippen molar-refractivity contribution in [2.75, 3.05) is 6.54 Å². The Morgan fingerprint density at radius 2 is 1.79 bits per heavy atom. The molecule has 0 aliphatic rings. The molecule has 6 heteroatoms. The van der Waals surface area contributed by atoms with Gasteiger partial charge < -0.3 is 10.6 Å². The largest absolute Gasteiger partial charge is 0.351 e. The van der Waals surface area contributed by atoms with E-state index in [9.17, 15) is 9.59 Å². The number of carbonyl (C=O) groups is 2. The monoisotopic (exact) mass is 378 g/mol. The summed E-state index contributed by atoms with van der Waals surface area (Å²) in [5, 5.41) is 5.77. The van der Waals surface area contributed by atoms with Gasteiger partial charge in [0.2, 0.25) is 5.82 Å². The highest BCUT2D eigenvalue weighted by atomic mass is 16.2. The topological polar surface area (TPSA) is 75.5 Å². The molecular weight excluding hydrogens is 352 g/mol. The maximum absolute atomic E-state index is 12.7. The van der Waals surface area contributed by atoms with Crippen LogP contribution in [0.4, 0.5) is 0 Å². The smallest absolute Gasteiger partial charge is 0.287 e. The van der Waals surface area contributed by atoms with Crippen LogP contribution in [0.1, 0.15) is 52.5 Å². The second-order valence-corrected chi connectivity index (χ2v) is 7.35. The van der Waals surface area contributed by atoms with Crippen LogP contribution in [-0.2, 0) is 6.54 Å². The Kier molecular flexibility index (Phi) is 6.09. The van der Waals surface area contributed by atoms with Gasteiger partial charge in [0.05, 0.1) is 5.52 Å². The summed E-state index contributed by atoms with van der Waals surface area (Å²) in [7, 11) is 0. The number of nitrogens with zero attached hydrogens (tertiary/aromatic N) is 2. The second-order valence-electron chi connectivity index (χ2n) is 7.35. The lowest BCUT2D eigenvalue weighted by molar-refractivity contribution is 0.0939. The molecule has 3 aromatic rings. The number of imidazole rings is 1. The lowest BCUT2D eigenvalue weighted by Crippen LogP contribution is -2.27. The molecule has 0 unspecified atom stereocenters. The Bertz CT molecular complexity index is 974. The van der Waals surface area contributed by atoms with E-state index in [0.717, 1.165) is 12.0 Å². The zero-order valence-corrected chi connectivity index (χ0v) is 16.5. The van der Waals surface area contributed by atoms with Crippen molar-refractivity contribution in [2.24, 2.45) is 5.92 Å². The van der Waals surface area contributed by atoms with Crippen LogP contribution in [0.15, 0.2) is 48.7 Å². The average molecular weight is 378 g/mol. The Hall–Kier alpha value is -3.15. The molecule has 0 bridgehead atoms. The minimum atomic E-state index is -0.317. The summed E-state index contributed by atoms with van der Waals surface area (Å²) in [6, 6.07) is 13.4. The van der Waals surface area contributed by atoms with Crippen LogP contribution >= 0.6 is 0 Å². The lowest BCUT2D eigenvalue weighted by Gasteiger charge is -2.05. The summed E-state index contributed by atoms with van der Waals surface area (Å²) in [5.41, 5.74) is 3.06. The Morgan fingerprint density at radius 1 is 1.04 bits per heavy atom. The average Bonchev–Trinajstić information content (AvgIpc) is 3.07. The number of amides is 2. The predicted molar refractivity (Wildman–Crippen MR) is 109 cm³/mol. The maximum atomic E-state index is 12.7. The molecule has 2 aromatic heterocycles. The third-order valence-corrected chi connectivity index (χ3v) is 4.55. The van der Waals surface area contributed by atoms with E-state index in [-0.39, 0.29) is 23.3 Å². The molecule has 146 valence electrons. The molecule has 0 aliphatic carbocycles. The minimum Gasteiger partial charge on any atom is -0.351 e. The van der Waals surface area contributed by atoms with Gasteiger partial charge in [-0.15, -0.1) is 0 Å². The first-order chi connectivity index (χ1) is 13.5. The fourth-order valence-electron chi connectivity index (χ4n) is 2.89. The molecule has 0 spiro atoms. The number of aromatic nitrogens is 2. The molecule has 2 amide bonds. The first-order valence-electron chi connectivity index (χ1n) is 9.54. The number of carbonyl (C=O) groups excluding carboxylic acids is 2. The van der Waals surface area contributed by atoms with Gasteiger partial charge in [-0.2, -0.15) is 0 Å². The van der Waals surface area contributed by atoms with Crippen molar-refractivity contribution in [3.63, 3.8) is 0 Å². The van der Waals surface area contributed by atoms with Crippen molar-refractivity contribution in [1.29, 1.82) is 0 Å². The van der Waals surface area contributed by atoms with Crippen molar-refractivity contribution < 1.29 is 9.59 Å². The normalized spacial score (nSPS) is 11.0. The van der Waals surface area contributed by atoms with Crippen LogP contribution in [0.5, 0.6) is 0 Å². The molecule has 3 rings (SSSR count). The number of benzene rings is 1. The molecule has 2 N–H and O–H groups in total. The van der Waals surface area contributed by atoms with Gasteiger partial charge in [-0.05, 0) is 37.0 Å². The van der Waals surface area contributed by atoms with Crippen LogP contribution in [-0.4, -0.2) is 27.7 Å². The van der Waals surface area contributed by atoms with E-state index in [1.54, 1.807) is 16.7 Å². The van der Waals surface area contributed by atoms with E-state index in [2.05, 4.69) is 29.5 Å². The van der Waals surface area contributed by atoms with E-state index < -0.39 is 0 Å². The number of pyridine rings is 1. The highest BCUT2D eigenvalue weighted by Gasteiger charge is 2.21. The van der Waals surface area contributed by atoms with E-state index in [1.165, 1.54) is 5.56 Å². The van der Waals surface area contributed by atoms with Gasteiger partial charge >= 0.3 is 0 Å². The van der Waals surface area contributed by atoms with Crippen molar-refractivity contribution in [2.45, 2.75) is 33.7 Å². The van der Waals surface area contributed by atoms with Gasteiger partial charge in [-0.1, -0.05) is 49.7 Å². The van der Waals surface area contributed by atoms with E-state index in [1.807, 2.05) is 43.3 Å². The summed E-state index contributed by atoms with van der Waals surface area (Å²) >= 11 is 0. The molecule has 1 aromatic carbocycles. The SMILES string of the molecule is Cc1ccc(CNC(=O)c2nc(C(=O)NCCC(C)C)c3ccccn23)cc1. The summed E-state index contributed by atoms with van der Waals surface area (Å²) in [5.74, 6) is 0.129. The zero-order valence-electron chi connectivity index (χ0n) is 16.5. The van der Waals surface area contributed by atoms with Crippen LogP contribution in [0.2, 0.25) is 0 Å². The molecule has 0 radical (unpaired) electrons. The zero-order chi connectivity index (χ0) is 20.1. The quantitative estimate of drug-likeness (QED) is 0.662. The fourth-order valence-corrected chi connectivity index (χ4v) is 2.89.